The standard InChI is InChI=1S/C16H23N3O3/c1-9(2)11-8-12(18-17-11)15(20)19-13-6-4-3-5-10(13)7-14(19)16(21)22/h8-10,13-14H,3-7H2,1-2H3,(H,17,18)(H,21,22). The van der Waals surface area contributed by atoms with E-state index in [1.165, 1.54) is 0 Å². The first-order valence-corrected chi connectivity index (χ1v) is 8.09. The lowest BCUT2D eigenvalue weighted by molar-refractivity contribution is -0.141. The van der Waals surface area contributed by atoms with Crippen LogP contribution in [-0.4, -0.2) is 44.2 Å². The molecular formula is C16H23N3O3. The van der Waals surface area contributed by atoms with Crippen LogP contribution in [0.1, 0.15) is 68.1 Å². The van der Waals surface area contributed by atoms with Crippen LogP contribution in [-0.2, 0) is 4.79 Å². The number of carboxylic acid groups (broad SMARTS) is 1. The molecule has 2 fully saturated rings. The summed E-state index contributed by atoms with van der Waals surface area (Å²) in [7, 11) is 0. The number of aliphatic carboxylic acids is 1. The Hall–Kier alpha value is -1.85. The molecule has 1 aliphatic heterocycles. The van der Waals surface area contributed by atoms with Crippen LogP contribution in [0.15, 0.2) is 6.07 Å². The molecule has 120 valence electrons. The van der Waals surface area contributed by atoms with Crippen LogP contribution in [0.2, 0.25) is 0 Å². The molecular weight excluding hydrogens is 282 g/mol. The van der Waals surface area contributed by atoms with Crippen LogP contribution >= 0.6 is 0 Å². The van der Waals surface area contributed by atoms with Gasteiger partial charge in [0.1, 0.15) is 11.7 Å². The van der Waals surface area contributed by atoms with Crippen molar-refractivity contribution in [2.45, 2.75) is 64.0 Å². The maximum Gasteiger partial charge on any atom is 0.326 e. The molecule has 1 amide bonds. The van der Waals surface area contributed by atoms with Crippen LogP contribution < -0.4 is 0 Å². The normalized spacial score (nSPS) is 28.0. The maximum atomic E-state index is 12.8. The zero-order valence-corrected chi connectivity index (χ0v) is 13.1. The number of nitrogens with one attached hydrogen (secondary N) is 1. The van der Waals surface area contributed by atoms with Crippen molar-refractivity contribution in [1.82, 2.24) is 15.1 Å². The van der Waals surface area contributed by atoms with Crippen molar-refractivity contribution in [3.05, 3.63) is 17.5 Å². The van der Waals surface area contributed by atoms with Gasteiger partial charge in [-0.3, -0.25) is 9.89 Å². The van der Waals surface area contributed by atoms with E-state index in [4.69, 9.17) is 0 Å². The van der Waals surface area contributed by atoms with Crippen molar-refractivity contribution in [3.8, 4) is 0 Å². The van der Waals surface area contributed by atoms with E-state index >= 15 is 0 Å². The highest BCUT2D eigenvalue weighted by Gasteiger charge is 2.48. The largest absolute Gasteiger partial charge is 0.480 e. The van der Waals surface area contributed by atoms with Gasteiger partial charge in [0.2, 0.25) is 0 Å². The molecule has 1 aromatic rings. The van der Waals surface area contributed by atoms with Gasteiger partial charge in [0, 0.05) is 11.7 Å². The van der Waals surface area contributed by atoms with E-state index in [0.717, 1.165) is 31.4 Å². The first kappa shape index (κ1) is 15.1. The fourth-order valence-electron chi connectivity index (χ4n) is 3.85. The summed E-state index contributed by atoms with van der Waals surface area (Å²) in [4.78, 5) is 26.0. The topological polar surface area (TPSA) is 86.3 Å². The van der Waals surface area contributed by atoms with E-state index in [9.17, 15) is 14.7 Å². The van der Waals surface area contributed by atoms with Crippen LogP contribution in [0.3, 0.4) is 0 Å². The minimum absolute atomic E-state index is 0.0570. The number of fused-ring (bicyclic) bond motifs is 1. The smallest absolute Gasteiger partial charge is 0.326 e. The summed E-state index contributed by atoms with van der Waals surface area (Å²) in [5, 5.41) is 16.5. The van der Waals surface area contributed by atoms with Gasteiger partial charge in [-0.1, -0.05) is 26.7 Å². The lowest BCUT2D eigenvalue weighted by Gasteiger charge is -2.32. The Labute approximate surface area is 129 Å². The van der Waals surface area contributed by atoms with Gasteiger partial charge in [-0.2, -0.15) is 5.10 Å². The molecule has 0 spiro atoms. The Morgan fingerprint density at radius 1 is 1.36 bits per heavy atom. The summed E-state index contributed by atoms with van der Waals surface area (Å²) >= 11 is 0. The second-order valence-corrected chi connectivity index (χ2v) is 6.78. The zero-order chi connectivity index (χ0) is 15.9. The number of aromatic amines is 1. The van der Waals surface area contributed by atoms with E-state index in [2.05, 4.69) is 10.2 Å². The third-order valence-electron chi connectivity index (χ3n) is 5.05. The van der Waals surface area contributed by atoms with Crippen molar-refractivity contribution in [1.29, 1.82) is 0 Å². The summed E-state index contributed by atoms with van der Waals surface area (Å²) in [5.74, 6) is -0.569. The average molecular weight is 305 g/mol. The van der Waals surface area contributed by atoms with Crippen LogP contribution in [0.5, 0.6) is 0 Å². The maximum absolute atomic E-state index is 12.8. The second-order valence-electron chi connectivity index (χ2n) is 6.78. The van der Waals surface area contributed by atoms with Crippen LogP contribution in [0.25, 0.3) is 0 Å². The number of carbonyl (C=O) groups excluding carboxylic acids is 1. The fraction of sp³-hybridized carbons (Fsp3) is 0.688. The molecule has 1 aromatic heterocycles. The highest BCUT2D eigenvalue weighted by atomic mass is 16.4. The number of carbonyl (C=O) groups is 2. The molecule has 2 aliphatic rings. The quantitative estimate of drug-likeness (QED) is 0.897. The molecule has 3 atom stereocenters. The minimum atomic E-state index is -0.901. The number of rotatable bonds is 3. The number of carboxylic acids is 1. The fourth-order valence-corrected chi connectivity index (χ4v) is 3.85. The predicted molar refractivity (Wildman–Crippen MR) is 80.6 cm³/mol. The number of hydrogen-bond acceptors (Lipinski definition) is 3. The summed E-state index contributed by atoms with van der Waals surface area (Å²) in [6.07, 6.45) is 4.70. The Kier molecular flexibility index (Phi) is 3.93. The molecule has 6 heteroatoms. The van der Waals surface area contributed by atoms with Gasteiger partial charge in [-0.05, 0) is 37.2 Å². The third kappa shape index (κ3) is 2.51. The van der Waals surface area contributed by atoms with Crippen molar-refractivity contribution in [2.75, 3.05) is 0 Å². The van der Waals surface area contributed by atoms with Gasteiger partial charge in [0.05, 0.1) is 0 Å². The number of likely N-dealkylation sites (tertiary alicyclic amines) is 1. The van der Waals surface area contributed by atoms with Crippen molar-refractivity contribution >= 4 is 11.9 Å². The number of aromatic nitrogens is 2. The highest BCUT2D eigenvalue weighted by molar-refractivity contribution is 5.95. The summed E-state index contributed by atoms with van der Waals surface area (Å²) < 4.78 is 0. The summed E-state index contributed by atoms with van der Waals surface area (Å²) in [6, 6.07) is 1.10. The third-order valence-corrected chi connectivity index (χ3v) is 5.05. The number of H-pyrrole nitrogens is 1. The molecule has 0 radical (unpaired) electrons. The molecule has 3 rings (SSSR count). The van der Waals surface area contributed by atoms with Crippen molar-refractivity contribution in [2.24, 2.45) is 5.92 Å². The first-order chi connectivity index (χ1) is 10.5. The SMILES string of the molecule is CC(C)c1cc(C(=O)N2C(C(=O)O)CC3CCCCC32)n[nH]1. The Balaban J connectivity index is 1.88. The van der Waals surface area contributed by atoms with E-state index in [0.29, 0.717) is 18.0 Å². The summed E-state index contributed by atoms with van der Waals surface area (Å²) in [6.45, 7) is 4.05. The van der Waals surface area contributed by atoms with Gasteiger partial charge >= 0.3 is 5.97 Å². The van der Waals surface area contributed by atoms with Crippen molar-refractivity contribution < 1.29 is 14.7 Å². The minimum Gasteiger partial charge on any atom is -0.480 e. The molecule has 1 saturated carbocycles. The highest BCUT2D eigenvalue weighted by Crippen LogP contribution is 2.40. The average Bonchev–Trinajstić information content (AvgIpc) is 3.11. The lowest BCUT2D eigenvalue weighted by atomic mass is 9.84. The van der Waals surface area contributed by atoms with Gasteiger partial charge < -0.3 is 10.0 Å². The molecule has 2 heterocycles. The van der Waals surface area contributed by atoms with Crippen molar-refractivity contribution in [3.63, 3.8) is 0 Å². The number of nitrogens with zero attached hydrogens (tertiary/aromatic N) is 2. The molecule has 0 bridgehead atoms. The summed E-state index contributed by atoms with van der Waals surface area (Å²) in [5.41, 5.74) is 1.23. The Morgan fingerprint density at radius 2 is 2.09 bits per heavy atom. The molecule has 1 saturated heterocycles. The predicted octanol–water partition coefficient (Wildman–Crippen LogP) is 2.39. The zero-order valence-electron chi connectivity index (χ0n) is 13.1. The van der Waals surface area contributed by atoms with Gasteiger partial charge in [-0.25, -0.2) is 4.79 Å². The first-order valence-electron chi connectivity index (χ1n) is 8.09. The lowest BCUT2D eigenvalue weighted by Crippen LogP contribution is -2.46. The van der Waals surface area contributed by atoms with Gasteiger partial charge in [0.15, 0.2) is 0 Å². The molecule has 0 aromatic carbocycles. The molecule has 6 nitrogen and oxygen atoms in total. The second kappa shape index (κ2) is 5.74. The number of amides is 1. The molecule has 1 aliphatic carbocycles. The van der Waals surface area contributed by atoms with E-state index in [1.54, 1.807) is 11.0 Å². The Morgan fingerprint density at radius 3 is 2.73 bits per heavy atom. The van der Waals surface area contributed by atoms with E-state index in [1.807, 2.05) is 13.8 Å². The van der Waals surface area contributed by atoms with Crippen LogP contribution in [0.4, 0.5) is 0 Å². The van der Waals surface area contributed by atoms with Crippen LogP contribution in [0, 0.1) is 5.92 Å². The monoisotopic (exact) mass is 305 g/mol. The Bertz CT molecular complexity index is 581. The van der Waals surface area contributed by atoms with Gasteiger partial charge in [0.25, 0.3) is 5.91 Å². The van der Waals surface area contributed by atoms with Gasteiger partial charge in [-0.15, -0.1) is 0 Å². The molecule has 2 N–H and O–H groups in total. The number of hydrogen-bond donors (Lipinski definition) is 2. The van der Waals surface area contributed by atoms with E-state index < -0.39 is 12.0 Å². The van der Waals surface area contributed by atoms with E-state index in [-0.39, 0.29) is 17.9 Å². The molecule has 22 heavy (non-hydrogen) atoms. The molecule has 3 unspecified atom stereocenters.